The van der Waals surface area contributed by atoms with E-state index in [0.717, 1.165) is 12.8 Å². The van der Waals surface area contributed by atoms with Crippen LogP contribution in [-0.4, -0.2) is 64.7 Å². The van der Waals surface area contributed by atoms with Crippen molar-refractivity contribution in [3.63, 3.8) is 0 Å². The van der Waals surface area contributed by atoms with Gasteiger partial charge in [-0.15, -0.1) is 0 Å². The van der Waals surface area contributed by atoms with Crippen molar-refractivity contribution >= 4 is 5.78 Å². The van der Waals surface area contributed by atoms with Crippen LogP contribution >= 0.6 is 0 Å². The summed E-state index contributed by atoms with van der Waals surface area (Å²) in [5.74, 6) is -3.12. The molecule has 4 aliphatic heterocycles. The monoisotopic (exact) mass is 418 g/mol. The minimum Gasteiger partial charge on any atom is -0.390 e. The molecule has 7 nitrogen and oxygen atoms in total. The van der Waals surface area contributed by atoms with E-state index >= 15 is 0 Å². The molecule has 0 radical (unpaired) electrons. The number of aliphatic hydroxyl groups excluding tert-OH is 2. The van der Waals surface area contributed by atoms with E-state index in [0.29, 0.717) is 12.2 Å². The first-order valence-corrected chi connectivity index (χ1v) is 11.2. The first kappa shape index (κ1) is 18.7. The van der Waals surface area contributed by atoms with Gasteiger partial charge in [-0.3, -0.25) is 4.79 Å². The molecule has 11 atom stereocenters. The molecule has 8 fully saturated rings. The van der Waals surface area contributed by atoms with Crippen molar-refractivity contribution in [1.29, 1.82) is 0 Å². The van der Waals surface area contributed by atoms with Gasteiger partial charge in [-0.25, -0.2) is 0 Å². The summed E-state index contributed by atoms with van der Waals surface area (Å²) in [6.07, 6.45) is -1.09. The molecule has 2 N–H and O–H groups in total. The van der Waals surface area contributed by atoms with Gasteiger partial charge in [0, 0.05) is 17.3 Å². The molecule has 4 heterocycles. The van der Waals surface area contributed by atoms with Crippen molar-refractivity contribution < 1.29 is 34.0 Å². The van der Waals surface area contributed by atoms with Crippen LogP contribution in [0.25, 0.3) is 0 Å². The fraction of sp³-hybridized carbons (Fsp3) is 0.870. The van der Waals surface area contributed by atoms with Crippen LogP contribution in [0.2, 0.25) is 0 Å². The Kier molecular flexibility index (Phi) is 2.96. The Morgan fingerprint density at radius 2 is 1.80 bits per heavy atom. The highest BCUT2D eigenvalue weighted by atomic mass is 16.8. The number of Topliss-reactive ketones (excluding diaryl/α,β-unsaturated/α-hetero) is 1. The number of hydrogen-bond acceptors (Lipinski definition) is 7. The second-order valence-electron chi connectivity index (χ2n) is 11.8. The Morgan fingerprint density at radius 3 is 2.53 bits per heavy atom. The average Bonchev–Trinajstić information content (AvgIpc) is 3.45. The third-order valence-electron chi connectivity index (χ3n) is 10.0. The van der Waals surface area contributed by atoms with Crippen LogP contribution in [0.3, 0.4) is 0 Å². The Balaban J connectivity index is 1.55. The molecule has 30 heavy (non-hydrogen) atoms. The number of fused-ring (bicyclic) bond motifs is 2. The number of carbonyl (C=O) groups is 1. The molecule has 4 bridgehead atoms. The predicted molar refractivity (Wildman–Crippen MR) is 102 cm³/mol. The van der Waals surface area contributed by atoms with E-state index in [4.69, 9.17) is 18.9 Å². The summed E-state index contributed by atoms with van der Waals surface area (Å²) in [7, 11) is 0. The van der Waals surface area contributed by atoms with Crippen LogP contribution in [-0.2, 0) is 23.7 Å². The molecule has 0 amide bonds. The molecule has 8 aliphatic rings. The lowest BCUT2D eigenvalue weighted by molar-refractivity contribution is -0.530. The molecule has 4 saturated heterocycles. The zero-order chi connectivity index (χ0) is 21.2. The lowest BCUT2D eigenvalue weighted by Gasteiger charge is -2.76. The van der Waals surface area contributed by atoms with E-state index < -0.39 is 46.1 Å². The van der Waals surface area contributed by atoms with Gasteiger partial charge in [0.25, 0.3) is 0 Å². The summed E-state index contributed by atoms with van der Waals surface area (Å²) in [6, 6.07) is 0. The molecule has 4 saturated carbocycles. The normalized spacial score (nSPS) is 63.1. The minimum absolute atomic E-state index is 0.0757. The van der Waals surface area contributed by atoms with Crippen LogP contribution < -0.4 is 0 Å². The van der Waals surface area contributed by atoms with Crippen molar-refractivity contribution in [3.8, 4) is 0 Å². The Hall–Kier alpha value is -0.830. The number of epoxide rings is 1. The highest BCUT2D eigenvalue weighted by Crippen LogP contribution is 2.81. The van der Waals surface area contributed by atoms with Gasteiger partial charge in [-0.05, 0) is 43.6 Å². The SMILES string of the molecule is C=C1C(=O)[C@@]23[C@@H]4OC(C)(C)O[C@]25OC[C@]2([C@@H]6O[C@@H]6[C@H](O)C(C)(C)[C@H]2[C@@H]5O)[C@@H]3CC[C@@H]14. The van der Waals surface area contributed by atoms with E-state index in [1.165, 1.54) is 0 Å². The molecular weight excluding hydrogens is 388 g/mol. The second kappa shape index (κ2) is 4.75. The molecule has 0 aromatic carbocycles. The van der Waals surface area contributed by atoms with Crippen molar-refractivity contribution in [2.24, 2.45) is 34.0 Å². The highest BCUT2D eigenvalue weighted by molar-refractivity contribution is 6.05. The fourth-order valence-corrected chi connectivity index (χ4v) is 9.22. The van der Waals surface area contributed by atoms with Gasteiger partial charge >= 0.3 is 0 Å². The average molecular weight is 418 g/mol. The topological polar surface area (TPSA) is 97.8 Å². The lowest BCUT2D eigenvalue weighted by Crippen LogP contribution is -2.88. The van der Waals surface area contributed by atoms with Crippen LogP contribution in [0.15, 0.2) is 12.2 Å². The molecular formula is C23H30O7. The summed E-state index contributed by atoms with van der Waals surface area (Å²) >= 11 is 0. The quantitative estimate of drug-likeness (QED) is 0.450. The molecule has 0 unspecified atom stereocenters. The fourth-order valence-electron chi connectivity index (χ4n) is 9.22. The molecule has 164 valence electrons. The smallest absolute Gasteiger partial charge is 0.213 e. The summed E-state index contributed by atoms with van der Waals surface area (Å²) in [5, 5.41) is 23.1. The first-order chi connectivity index (χ1) is 14.0. The first-order valence-electron chi connectivity index (χ1n) is 11.2. The number of ketones is 1. The zero-order valence-corrected chi connectivity index (χ0v) is 17.9. The van der Waals surface area contributed by atoms with Crippen molar-refractivity contribution in [2.75, 3.05) is 6.61 Å². The van der Waals surface area contributed by atoms with E-state index in [2.05, 4.69) is 6.58 Å². The largest absolute Gasteiger partial charge is 0.390 e. The van der Waals surface area contributed by atoms with E-state index in [1.54, 1.807) is 0 Å². The van der Waals surface area contributed by atoms with Gasteiger partial charge in [0.05, 0.1) is 24.9 Å². The third kappa shape index (κ3) is 1.51. The highest BCUT2D eigenvalue weighted by Gasteiger charge is 2.92. The summed E-state index contributed by atoms with van der Waals surface area (Å²) in [6.45, 7) is 12.1. The maximum Gasteiger partial charge on any atom is 0.213 e. The van der Waals surface area contributed by atoms with Crippen LogP contribution in [0.4, 0.5) is 0 Å². The Bertz CT molecular complexity index is 911. The predicted octanol–water partition coefficient (Wildman–Crippen LogP) is 1.16. The Labute approximate surface area is 175 Å². The standard InChI is InChI=1S/C23H30O7/c1-9-10-6-7-11-21-8-27-23(22(11,14(9)24)17(10)29-20(4,5)30-23)16(26)13(21)19(2,3)15(25)12-18(21)28-12/h10-13,15-18,25-26H,1,6-8H2,2-5H3/t10-,11-,12+,13+,15-,16-,17+,18+,21-,22-,23-/m0/s1. The van der Waals surface area contributed by atoms with Gasteiger partial charge in [-0.2, -0.15) is 0 Å². The van der Waals surface area contributed by atoms with Gasteiger partial charge in [0.1, 0.15) is 17.6 Å². The van der Waals surface area contributed by atoms with Crippen LogP contribution in [0.1, 0.15) is 40.5 Å². The third-order valence-corrected chi connectivity index (χ3v) is 10.0. The molecule has 3 spiro atoms. The summed E-state index contributed by atoms with van der Waals surface area (Å²) in [5.41, 5.74) is -1.73. The molecule has 7 heteroatoms. The summed E-state index contributed by atoms with van der Waals surface area (Å²) < 4.78 is 25.5. The van der Waals surface area contributed by atoms with Gasteiger partial charge in [-0.1, -0.05) is 20.4 Å². The Morgan fingerprint density at radius 1 is 1.07 bits per heavy atom. The van der Waals surface area contributed by atoms with Crippen molar-refractivity contribution in [1.82, 2.24) is 0 Å². The number of ether oxygens (including phenoxy) is 4. The van der Waals surface area contributed by atoms with Crippen LogP contribution in [0, 0.1) is 34.0 Å². The maximum absolute atomic E-state index is 14.0. The maximum atomic E-state index is 14.0. The molecule has 8 rings (SSSR count). The minimum atomic E-state index is -1.51. The van der Waals surface area contributed by atoms with E-state index in [9.17, 15) is 15.0 Å². The second-order valence-corrected chi connectivity index (χ2v) is 11.8. The number of hydrogen-bond donors (Lipinski definition) is 2. The number of rotatable bonds is 0. The zero-order valence-electron chi connectivity index (χ0n) is 17.9. The number of carbonyl (C=O) groups excluding carboxylic acids is 1. The van der Waals surface area contributed by atoms with Crippen molar-refractivity contribution in [2.45, 2.75) is 82.6 Å². The van der Waals surface area contributed by atoms with Gasteiger partial charge in [0.15, 0.2) is 11.6 Å². The van der Waals surface area contributed by atoms with Crippen LogP contribution in [0.5, 0.6) is 0 Å². The molecule has 0 aromatic heterocycles. The van der Waals surface area contributed by atoms with E-state index in [1.807, 2.05) is 27.7 Å². The van der Waals surface area contributed by atoms with Gasteiger partial charge in [0.2, 0.25) is 5.79 Å². The lowest BCUT2D eigenvalue weighted by atomic mass is 9.35. The molecule has 0 aromatic rings. The van der Waals surface area contributed by atoms with Crippen molar-refractivity contribution in [3.05, 3.63) is 12.2 Å². The van der Waals surface area contributed by atoms with E-state index in [-0.39, 0.29) is 35.7 Å². The summed E-state index contributed by atoms with van der Waals surface area (Å²) in [4.78, 5) is 14.0. The van der Waals surface area contributed by atoms with Gasteiger partial charge < -0.3 is 29.2 Å². The molecule has 4 aliphatic carbocycles. The number of aliphatic hydroxyl groups is 2.